The van der Waals surface area contributed by atoms with E-state index in [1.54, 1.807) is 42.5 Å². The van der Waals surface area contributed by atoms with Gasteiger partial charge in [-0.25, -0.2) is 8.42 Å². The number of hydrogen-bond donors (Lipinski definition) is 1. The molecule has 0 saturated carbocycles. The van der Waals surface area contributed by atoms with Crippen molar-refractivity contribution in [2.24, 2.45) is 5.92 Å². The lowest BCUT2D eigenvalue weighted by Crippen LogP contribution is -2.35. The molecule has 3 rings (SSSR count). The summed E-state index contributed by atoms with van der Waals surface area (Å²) in [6.45, 7) is 4.48. The predicted octanol–water partition coefficient (Wildman–Crippen LogP) is 4.20. The number of amides is 1. The molecule has 0 saturated heterocycles. The number of sulfonamides is 1. The van der Waals surface area contributed by atoms with Gasteiger partial charge in [-0.1, -0.05) is 32.0 Å². The normalized spacial score (nSPS) is 14.1. The molecular formula is C21H26N2O3S. The average Bonchev–Trinajstić information content (AvgIpc) is 2.69. The number of rotatable bonds is 6. The lowest BCUT2D eigenvalue weighted by atomic mass is 10.0. The number of hydrogen-bond acceptors (Lipinski definition) is 3. The number of aryl methyl sites for hydroxylation is 1. The lowest BCUT2D eigenvalue weighted by molar-refractivity contribution is -0.120. The van der Waals surface area contributed by atoms with Crippen LogP contribution in [-0.2, 0) is 21.2 Å². The van der Waals surface area contributed by atoms with Gasteiger partial charge in [0.25, 0.3) is 10.0 Å². The van der Waals surface area contributed by atoms with Crippen molar-refractivity contribution in [3.05, 3.63) is 54.1 Å². The highest BCUT2D eigenvalue weighted by atomic mass is 32.2. The summed E-state index contributed by atoms with van der Waals surface area (Å²) >= 11 is 0. The van der Waals surface area contributed by atoms with Crippen LogP contribution in [0.25, 0.3) is 0 Å². The molecule has 1 N–H and O–H groups in total. The zero-order valence-corrected chi connectivity index (χ0v) is 16.6. The average molecular weight is 387 g/mol. The maximum atomic E-state index is 13.0. The Kier molecular flexibility index (Phi) is 5.85. The SMILES string of the molecule is CCC(CC)C(=O)Nc1ccc2c(c1)CCCN2S(=O)(=O)c1ccccc1. The molecule has 0 radical (unpaired) electrons. The topological polar surface area (TPSA) is 66.5 Å². The molecule has 6 heteroatoms. The molecule has 0 aromatic heterocycles. The quantitative estimate of drug-likeness (QED) is 0.809. The molecule has 27 heavy (non-hydrogen) atoms. The zero-order chi connectivity index (χ0) is 19.4. The van der Waals surface area contributed by atoms with Crippen LogP contribution in [0.2, 0.25) is 0 Å². The van der Waals surface area contributed by atoms with Gasteiger partial charge in [0, 0.05) is 18.2 Å². The molecule has 0 fully saturated rings. The van der Waals surface area contributed by atoms with E-state index in [0.717, 1.165) is 36.9 Å². The van der Waals surface area contributed by atoms with Crippen LogP contribution in [0.3, 0.4) is 0 Å². The summed E-state index contributed by atoms with van der Waals surface area (Å²) in [4.78, 5) is 12.6. The van der Waals surface area contributed by atoms with Gasteiger partial charge in [0.2, 0.25) is 5.91 Å². The van der Waals surface area contributed by atoms with E-state index < -0.39 is 10.0 Å². The fourth-order valence-electron chi connectivity index (χ4n) is 3.51. The van der Waals surface area contributed by atoms with Crippen molar-refractivity contribution in [1.29, 1.82) is 0 Å². The largest absolute Gasteiger partial charge is 0.326 e. The molecule has 1 aliphatic rings. The second kappa shape index (κ2) is 8.13. The summed E-state index contributed by atoms with van der Waals surface area (Å²) < 4.78 is 27.6. The molecule has 1 aliphatic heterocycles. The first-order chi connectivity index (χ1) is 13.0. The lowest BCUT2D eigenvalue weighted by Gasteiger charge is -2.31. The van der Waals surface area contributed by atoms with Gasteiger partial charge in [0.05, 0.1) is 10.6 Å². The Hall–Kier alpha value is -2.34. The minimum absolute atomic E-state index is 0.00371. The third kappa shape index (κ3) is 4.00. The summed E-state index contributed by atoms with van der Waals surface area (Å²) in [6, 6.07) is 14.0. The Morgan fingerprint density at radius 3 is 2.48 bits per heavy atom. The summed E-state index contributed by atoms with van der Waals surface area (Å²) in [5.41, 5.74) is 2.37. The minimum Gasteiger partial charge on any atom is -0.326 e. The van der Waals surface area contributed by atoms with Crippen LogP contribution in [0.1, 0.15) is 38.7 Å². The number of fused-ring (bicyclic) bond motifs is 1. The van der Waals surface area contributed by atoms with Crippen molar-refractivity contribution in [1.82, 2.24) is 0 Å². The third-order valence-electron chi connectivity index (χ3n) is 5.11. The van der Waals surface area contributed by atoms with Gasteiger partial charge in [0.1, 0.15) is 0 Å². The van der Waals surface area contributed by atoms with Crippen LogP contribution in [0.15, 0.2) is 53.4 Å². The fourth-order valence-corrected chi connectivity index (χ4v) is 5.08. The fraction of sp³-hybridized carbons (Fsp3) is 0.381. The second-order valence-corrected chi connectivity index (χ2v) is 8.70. The van der Waals surface area contributed by atoms with E-state index in [-0.39, 0.29) is 11.8 Å². The van der Waals surface area contributed by atoms with Crippen LogP contribution in [0.5, 0.6) is 0 Å². The number of anilines is 2. The molecule has 2 aromatic carbocycles. The van der Waals surface area contributed by atoms with E-state index in [9.17, 15) is 13.2 Å². The maximum Gasteiger partial charge on any atom is 0.264 e. The highest BCUT2D eigenvalue weighted by Crippen LogP contribution is 2.33. The van der Waals surface area contributed by atoms with Crippen molar-refractivity contribution in [3.63, 3.8) is 0 Å². The Bertz CT molecular complexity index is 906. The van der Waals surface area contributed by atoms with E-state index in [4.69, 9.17) is 0 Å². The zero-order valence-electron chi connectivity index (χ0n) is 15.8. The first kappa shape index (κ1) is 19.4. The Morgan fingerprint density at radius 1 is 1.11 bits per heavy atom. The smallest absolute Gasteiger partial charge is 0.264 e. The molecule has 1 heterocycles. The molecule has 0 unspecified atom stereocenters. The number of nitrogens with one attached hydrogen (secondary N) is 1. The van der Waals surface area contributed by atoms with Crippen molar-refractivity contribution >= 4 is 27.3 Å². The van der Waals surface area contributed by atoms with Crippen LogP contribution in [-0.4, -0.2) is 20.9 Å². The molecule has 5 nitrogen and oxygen atoms in total. The van der Waals surface area contributed by atoms with Crippen LogP contribution in [0.4, 0.5) is 11.4 Å². The first-order valence-corrected chi connectivity index (χ1v) is 10.9. The van der Waals surface area contributed by atoms with Gasteiger partial charge in [-0.05, 0) is 61.6 Å². The standard InChI is InChI=1S/C21H26N2O3S/c1-3-16(4-2)21(24)22-18-12-13-20-17(15-18)9-8-14-23(20)27(25,26)19-10-6-5-7-11-19/h5-7,10-13,15-16H,3-4,8-9,14H2,1-2H3,(H,22,24). The van der Waals surface area contributed by atoms with Crippen molar-refractivity contribution in [2.45, 2.75) is 44.4 Å². The van der Waals surface area contributed by atoms with Gasteiger partial charge >= 0.3 is 0 Å². The second-order valence-electron chi connectivity index (χ2n) is 6.84. The molecule has 0 bridgehead atoms. The van der Waals surface area contributed by atoms with E-state index in [1.807, 2.05) is 19.9 Å². The highest BCUT2D eigenvalue weighted by molar-refractivity contribution is 7.92. The Labute approximate surface area is 161 Å². The maximum absolute atomic E-state index is 13.0. The molecule has 2 aromatic rings. The van der Waals surface area contributed by atoms with Crippen molar-refractivity contribution in [3.8, 4) is 0 Å². The summed E-state index contributed by atoms with van der Waals surface area (Å²) in [7, 11) is -3.59. The number of benzene rings is 2. The van der Waals surface area contributed by atoms with E-state index in [1.165, 1.54) is 4.31 Å². The Morgan fingerprint density at radius 2 is 1.81 bits per heavy atom. The molecule has 0 aliphatic carbocycles. The van der Waals surface area contributed by atoms with Crippen molar-refractivity contribution < 1.29 is 13.2 Å². The number of carbonyl (C=O) groups excluding carboxylic acids is 1. The molecule has 144 valence electrons. The minimum atomic E-state index is -3.59. The van der Waals surface area contributed by atoms with E-state index in [2.05, 4.69) is 5.32 Å². The Balaban J connectivity index is 1.88. The van der Waals surface area contributed by atoms with Gasteiger partial charge < -0.3 is 5.32 Å². The van der Waals surface area contributed by atoms with E-state index >= 15 is 0 Å². The van der Waals surface area contributed by atoms with Gasteiger partial charge in [-0.2, -0.15) is 0 Å². The summed E-state index contributed by atoms with van der Waals surface area (Å²) in [5.74, 6) is 0.0144. The van der Waals surface area contributed by atoms with Gasteiger partial charge in [0.15, 0.2) is 0 Å². The molecule has 0 atom stereocenters. The van der Waals surface area contributed by atoms with Crippen LogP contribution in [0, 0.1) is 5.92 Å². The molecular weight excluding hydrogens is 360 g/mol. The number of nitrogens with zero attached hydrogens (tertiary/aromatic N) is 1. The van der Waals surface area contributed by atoms with Crippen LogP contribution >= 0.6 is 0 Å². The first-order valence-electron chi connectivity index (χ1n) is 9.49. The van der Waals surface area contributed by atoms with E-state index in [0.29, 0.717) is 17.1 Å². The molecule has 1 amide bonds. The highest BCUT2D eigenvalue weighted by Gasteiger charge is 2.29. The monoisotopic (exact) mass is 386 g/mol. The van der Waals surface area contributed by atoms with Crippen LogP contribution < -0.4 is 9.62 Å². The molecule has 0 spiro atoms. The predicted molar refractivity (Wildman–Crippen MR) is 108 cm³/mol. The number of carbonyl (C=O) groups is 1. The van der Waals surface area contributed by atoms with Gasteiger partial charge in [-0.15, -0.1) is 0 Å². The summed E-state index contributed by atoms with van der Waals surface area (Å²) in [6.07, 6.45) is 3.15. The van der Waals surface area contributed by atoms with Crippen molar-refractivity contribution in [2.75, 3.05) is 16.2 Å². The third-order valence-corrected chi connectivity index (χ3v) is 6.94. The summed E-state index contributed by atoms with van der Waals surface area (Å²) in [5, 5.41) is 2.97. The van der Waals surface area contributed by atoms with Gasteiger partial charge in [-0.3, -0.25) is 9.10 Å².